The van der Waals surface area contributed by atoms with Gasteiger partial charge in [-0.05, 0) is 29.8 Å². The van der Waals surface area contributed by atoms with Crippen LogP contribution in [0.3, 0.4) is 0 Å². The third kappa shape index (κ3) is 4.77. The van der Waals surface area contributed by atoms with Crippen molar-refractivity contribution in [1.29, 1.82) is 0 Å². The number of nitrogens with one attached hydrogen (secondary N) is 1. The van der Waals surface area contributed by atoms with Crippen molar-refractivity contribution in [3.63, 3.8) is 0 Å². The number of hydrogen-bond donors (Lipinski definition) is 1. The van der Waals surface area contributed by atoms with Gasteiger partial charge in [0.25, 0.3) is 5.56 Å². The van der Waals surface area contributed by atoms with Crippen LogP contribution in [0.25, 0.3) is 10.9 Å². The molecular weight excluding hydrogens is 401 g/mol. The van der Waals surface area contributed by atoms with E-state index in [2.05, 4.69) is 10.4 Å². The van der Waals surface area contributed by atoms with E-state index in [1.807, 2.05) is 0 Å². The zero-order chi connectivity index (χ0) is 21.8. The Hall–Kier alpha value is -3.40. The maximum atomic E-state index is 13.6. The molecule has 0 saturated heterocycles. The molecule has 0 unspecified atom stereocenters. The molecule has 3 rings (SSSR count). The number of benzene rings is 2. The molecule has 30 heavy (non-hydrogen) atoms. The molecule has 1 heterocycles. The van der Waals surface area contributed by atoms with Gasteiger partial charge in [-0.1, -0.05) is 0 Å². The minimum absolute atomic E-state index is 0.0499. The highest BCUT2D eigenvalue weighted by molar-refractivity contribution is 5.87. The van der Waals surface area contributed by atoms with Gasteiger partial charge in [-0.25, -0.2) is 18.2 Å². The molecule has 10 heteroatoms. The molecule has 0 aliphatic rings. The van der Waals surface area contributed by atoms with Crippen molar-refractivity contribution >= 4 is 22.8 Å². The van der Waals surface area contributed by atoms with Gasteiger partial charge in [0.15, 0.2) is 0 Å². The SMILES string of the molecule is COCCN(C)c1nc2cc(F)ccc2c(=O)n1NC(=O)Cc1cc(F)cc(F)c1. The highest BCUT2D eigenvalue weighted by Crippen LogP contribution is 2.15. The van der Waals surface area contributed by atoms with E-state index in [4.69, 9.17) is 4.74 Å². The number of likely N-dealkylation sites (N-methyl/N-ethyl adjacent to an activating group) is 1. The minimum atomic E-state index is -0.815. The third-order valence-electron chi connectivity index (χ3n) is 4.31. The number of fused-ring (bicyclic) bond motifs is 1. The molecule has 0 saturated carbocycles. The lowest BCUT2D eigenvalue weighted by Gasteiger charge is -2.22. The second-order valence-electron chi connectivity index (χ2n) is 6.62. The van der Waals surface area contributed by atoms with Crippen LogP contribution in [-0.2, 0) is 16.0 Å². The highest BCUT2D eigenvalue weighted by atomic mass is 19.1. The van der Waals surface area contributed by atoms with E-state index in [1.165, 1.54) is 13.2 Å². The van der Waals surface area contributed by atoms with Crippen LogP contribution >= 0.6 is 0 Å². The lowest BCUT2D eigenvalue weighted by atomic mass is 10.1. The number of anilines is 1. The van der Waals surface area contributed by atoms with E-state index < -0.39 is 28.9 Å². The Morgan fingerprint density at radius 3 is 2.50 bits per heavy atom. The maximum Gasteiger partial charge on any atom is 0.281 e. The molecule has 0 atom stereocenters. The number of rotatable bonds is 7. The summed E-state index contributed by atoms with van der Waals surface area (Å²) in [5.41, 5.74) is 2.01. The zero-order valence-electron chi connectivity index (χ0n) is 16.3. The molecule has 1 aromatic heterocycles. The van der Waals surface area contributed by atoms with Crippen LogP contribution in [0.5, 0.6) is 0 Å². The summed E-state index contributed by atoms with van der Waals surface area (Å²) in [4.78, 5) is 31.3. The van der Waals surface area contributed by atoms with Gasteiger partial charge in [0.2, 0.25) is 11.9 Å². The summed E-state index contributed by atoms with van der Waals surface area (Å²) in [5, 5.41) is 0.0948. The zero-order valence-corrected chi connectivity index (χ0v) is 16.3. The molecule has 1 N–H and O–H groups in total. The smallest absolute Gasteiger partial charge is 0.281 e. The molecule has 2 aromatic carbocycles. The van der Waals surface area contributed by atoms with Crippen molar-refractivity contribution < 1.29 is 22.7 Å². The van der Waals surface area contributed by atoms with Crippen LogP contribution in [0.15, 0.2) is 41.2 Å². The molecule has 0 aliphatic carbocycles. The Kier molecular flexibility index (Phi) is 6.36. The number of nitrogens with zero attached hydrogens (tertiary/aromatic N) is 3. The first-order valence-electron chi connectivity index (χ1n) is 8.95. The molecule has 1 amide bonds. The largest absolute Gasteiger partial charge is 0.383 e. The first-order valence-corrected chi connectivity index (χ1v) is 8.95. The lowest BCUT2D eigenvalue weighted by molar-refractivity contribution is -0.116. The van der Waals surface area contributed by atoms with E-state index >= 15 is 0 Å². The first-order chi connectivity index (χ1) is 14.3. The third-order valence-corrected chi connectivity index (χ3v) is 4.31. The Morgan fingerprint density at radius 2 is 1.83 bits per heavy atom. The second kappa shape index (κ2) is 8.95. The van der Waals surface area contributed by atoms with E-state index in [0.29, 0.717) is 19.2 Å². The van der Waals surface area contributed by atoms with Gasteiger partial charge >= 0.3 is 0 Å². The molecule has 0 spiro atoms. The molecule has 3 aromatic rings. The summed E-state index contributed by atoms with van der Waals surface area (Å²) >= 11 is 0. The molecule has 0 bridgehead atoms. The quantitative estimate of drug-likeness (QED) is 0.634. The van der Waals surface area contributed by atoms with Crippen LogP contribution in [0.4, 0.5) is 19.1 Å². The van der Waals surface area contributed by atoms with Crippen molar-refractivity contribution in [2.24, 2.45) is 0 Å². The van der Waals surface area contributed by atoms with Gasteiger partial charge in [-0.15, -0.1) is 0 Å². The summed E-state index contributed by atoms with van der Waals surface area (Å²) in [6.07, 6.45) is -0.371. The van der Waals surface area contributed by atoms with Crippen LogP contribution in [0.1, 0.15) is 5.56 Å². The van der Waals surface area contributed by atoms with Crippen LogP contribution in [0.2, 0.25) is 0 Å². The minimum Gasteiger partial charge on any atom is -0.383 e. The van der Waals surface area contributed by atoms with Gasteiger partial charge in [0.1, 0.15) is 17.5 Å². The van der Waals surface area contributed by atoms with Crippen LogP contribution < -0.4 is 15.9 Å². The maximum absolute atomic E-state index is 13.6. The van der Waals surface area contributed by atoms with Crippen molar-refractivity contribution in [2.75, 3.05) is 37.6 Å². The number of aromatic nitrogens is 2. The van der Waals surface area contributed by atoms with Gasteiger partial charge in [-0.2, -0.15) is 4.68 Å². The van der Waals surface area contributed by atoms with Crippen molar-refractivity contribution in [1.82, 2.24) is 9.66 Å². The summed E-state index contributed by atoms with van der Waals surface area (Å²) < 4.78 is 46.3. The fourth-order valence-corrected chi connectivity index (χ4v) is 2.89. The normalized spacial score (nSPS) is 11.0. The Bertz CT molecular complexity index is 1130. The van der Waals surface area contributed by atoms with Crippen LogP contribution in [-0.4, -0.2) is 42.9 Å². The number of carbonyl (C=O) groups excluding carboxylic acids is 1. The summed E-state index contributed by atoms with van der Waals surface area (Å²) in [5.74, 6) is -2.83. The number of halogens is 3. The topological polar surface area (TPSA) is 76.5 Å². The lowest BCUT2D eigenvalue weighted by Crippen LogP contribution is -2.39. The molecule has 0 aliphatic heterocycles. The molecule has 158 valence electrons. The van der Waals surface area contributed by atoms with Gasteiger partial charge in [-0.3, -0.25) is 15.0 Å². The Labute approximate surface area is 169 Å². The Morgan fingerprint density at radius 1 is 1.13 bits per heavy atom. The number of methoxy groups -OCH3 is 1. The fraction of sp³-hybridized carbons (Fsp3) is 0.250. The predicted molar refractivity (Wildman–Crippen MR) is 106 cm³/mol. The average molecular weight is 420 g/mol. The van der Waals surface area contributed by atoms with E-state index in [9.17, 15) is 22.8 Å². The first kappa shape index (κ1) is 21.3. The van der Waals surface area contributed by atoms with E-state index in [0.717, 1.165) is 28.9 Å². The second-order valence-corrected chi connectivity index (χ2v) is 6.62. The van der Waals surface area contributed by atoms with Crippen molar-refractivity contribution in [3.8, 4) is 0 Å². The monoisotopic (exact) mass is 420 g/mol. The van der Waals surface area contributed by atoms with Crippen LogP contribution in [0, 0.1) is 17.5 Å². The van der Waals surface area contributed by atoms with Gasteiger partial charge in [0, 0.05) is 32.8 Å². The number of ether oxygens (including phenoxy) is 1. The summed E-state index contributed by atoms with van der Waals surface area (Å²) in [7, 11) is 3.13. The summed E-state index contributed by atoms with van der Waals surface area (Å²) in [6, 6.07) is 6.25. The van der Waals surface area contributed by atoms with Crippen molar-refractivity contribution in [3.05, 3.63) is 69.8 Å². The molecule has 7 nitrogen and oxygen atoms in total. The molecule has 0 radical (unpaired) electrons. The van der Waals surface area contributed by atoms with E-state index in [1.54, 1.807) is 11.9 Å². The van der Waals surface area contributed by atoms with Gasteiger partial charge < -0.3 is 9.64 Å². The fourth-order valence-electron chi connectivity index (χ4n) is 2.89. The van der Waals surface area contributed by atoms with Gasteiger partial charge in [0.05, 0.1) is 23.9 Å². The predicted octanol–water partition coefficient (Wildman–Crippen LogP) is 2.21. The number of carbonyl (C=O) groups is 1. The highest BCUT2D eigenvalue weighted by Gasteiger charge is 2.17. The average Bonchev–Trinajstić information content (AvgIpc) is 2.67. The molecule has 0 fully saturated rings. The van der Waals surface area contributed by atoms with Crippen molar-refractivity contribution in [2.45, 2.75) is 6.42 Å². The Balaban J connectivity index is 1.99. The van der Waals surface area contributed by atoms with E-state index in [-0.39, 0.29) is 28.8 Å². The number of hydrogen-bond acceptors (Lipinski definition) is 5. The number of amides is 1. The molecular formula is C20H19F3N4O3. The summed E-state index contributed by atoms with van der Waals surface area (Å²) in [6.45, 7) is 0.638. The standard InChI is InChI=1S/C20H19F3N4O3/c1-26(5-6-30-2)20-24-17-11-13(21)3-4-16(17)19(29)27(20)25-18(28)9-12-7-14(22)10-15(23)8-12/h3-4,7-8,10-11H,5-6,9H2,1-2H3,(H,25,28).